The Labute approximate surface area is 114 Å². The maximum Gasteiger partial charge on any atom is 0.266 e. The fourth-order valence-electron chi connectivity index (χ4n) is 2.17. The van der Waals surface area contributed by atoms with Crippen LogP contribution in [0.25, 0.3) is 0 Å². The molecule has 94 valence electrons. The number of rotatable bonds is 1. The summed E-state index contributed by atoms with van der Waals surface area (Å²) in [7, 11) is 2.14. The van der Waals surface area contributed by atoms with Crippen molar-refractivity contribution in [1.29, 1.82) is 0 Å². The largest absolute Gasteiger partial charge is 0.352 e. The number of H-pyrrole nitrogens is 1. The van der Waals surface area contributed by atoms with E-state index in [0.29, 0.717) is 15.7 Å². The molecule has 2 atom stereocenters. The molecular weight excluding hydrogens is 331 g/mol. The SMILES string of the molecule is CC1CN(c2nc[nH]c(=O)c2I)CC(C)N1C. The number of nitrogens with one attached hydrogen (secondary N) is 1. The Bertz CT molecular complexity index is 449. The van der Waals surface area contributed by atoms with Crippen molar-refractivity contribution in [3.63, 3.8) is 0 Å². The lowest BCUT2D eigenvalue weighted by Crippen LogP contribution is -2.55. The monoisotopic (exact) mass is 348 g/mol. The Morgan fingerprint density at radius 2 is 2.00 bits per heavy atom. The van der Waals surface area contributed by atoms with Crippen LogP contribution in [0, 0.1) is 3.57 Å². The fraction of sp³-hybridized carbons (Fsp3) is 0.636. The predicted octanol–water partition coefficient (Wildman–Crippen LogP) is 0.903. The van der Waals surface area contributed by atoms with Crippen molar-refractivity contribution in [2.45, 2.75) is 25.9 Å². The first kappa shape index (κ1) is 12.8. The van der Waals surface area contributed by atoms with Crippen molar-refractivity contribution in [2.75, 3.05) is 25.0 Å². The maximum absolute atomic E-state index is 11.6. The third-order valence-corrected chi connectivity index (χ3v) is 4.41. The van der Waals surface area contributed by atoms with Crippen LogP contribution in [0.1, 0.15) is 13.8 Å². The van der Waals surface area contributed by atoms with Gasteiger partial charge < -0.3 is 9.88 Å². The molecule has 17 heavy (non-hydrogen) atoms. The molecule has 1 aliphatic heterocycles. The summed E-state index contributed by atoms with van der Waals surface area (Å²) in [5.41, 5.74) is -0.0603. The highest BCUT2D eigenvalue weighted by atomic mass is 127. The van der Waals surface area contributed by atoms with Crippen LogP contribution >= 0.6 is 22.6 Å². The number of anilines is 1. The minimum absolute atomic E-state index is 0.0603. The van der Waals surface area contributed by atoms with Crippen LogP contribution in [0.5, 0.6) is 0 Å². The van der Waals surface area contributed by atoms with Crippen LogP contribution in [0.2, 0.25) is 0 Å². The molecule has 0 spiro atoms. The number of hydrogen-bond acceptors (Lipinski definition) is 4. The topological polar surface area (TPSA) is 52.2 Å². The van der Waals surface area contributed by atoms with E-state index in [-0.39, 0.29) is 5.56 Å². The van der Waals surface area contributed by atoms with Gasteiger partial charge in [0.2, 0.25) is 0 Å². The molecule has 6 heteroatoms. The van der Waals surface area contributed by atoms with Crippen molar-refractivity contribution in [2.24, 2.45) is 0 Å². The smallest absolute Gasteiger partial charge is 0.266 e. The van der Waals surface area contributed by atoms with Gasteiger partial charge in [-0.2, -0.15) is 0 Å². The Balaban J connectivity index is 2.29. The van der Waals surface area contributed by atoms with Crippen molar-refractivity contribution < 1.29 is 0 Å². The highest BCUT2D eigenvalue weighted by Gasteiger charge is 2.28. The molecule has 0 aromatic carbocycles. The maximum atomic E-state index is 11.6. The second kappa shape index (κ2) is 4.93. The zero-order chi connectivity index (χ0) is 12.6. The van der Waals surface area contributed by atoms with Crippen LogP contribution in [0.4, 0.5) is 5.82 Å². The minimum atomic E-state index is -0.0603. The molecule has 1 N–H and O–H groups in total. The summed E-state index contributed by atoms with van der Waals surface area (Å²) in [6.07, 6.45) is 1.48. The number of likely N-dealkylation sites (N-methyl/N-ethyl adjacent to an activating group) is 1. The van der Waals surface area contributed by atoms with Crippen LogP contribution in [-0.2, 0) is 0 Å². The zero-order valence-electron chi connectivity index (χ0n) is 10.3. The average Bonchev–Trinajstić information content (AvgIpc) is 2.29. The van der Waals surface area contributed by atoms with Gasteiger partial charge in [0.1, 0.15) is 9.39 Å². The quantitative estimate of drug-likeness (QED) is 0.767. The second-order valence-electron chi connectivity index (χ2n) is 4.64. The van der Waals surface area contributed by atoms with E-state index < -0.39 is 0 Å². The van der Waals surface area contributed by atoms with Gasteiger partial charge in [-0.15, -0.1) is 0 Å². The third kappa shape index (κ3) is 2.47. The van der Waals surface area contributed by atoms with E-state index in [0.717, 1.165) is 18.9 Å². The van der Waals surface area contributed by atoms with E-state index in [2.05, 4.69) is 63.3 Å². The normalized spacial score (nSPS) is 26.2. The Morgan fingerprint density at radius 1 is 1.41 bits per heavy atom. The van der Waals surface area contributed by atoms with Crippen LogP contribution in [-0.4, -0.2) is 47.1 Å². The molecule has 2 rings (SSSR count). The number of nitrogens with zero attached hydrogens (tertiary/aromatic N) is 3. The van der Waals surface area contributed by atoms with E-state index in [1.54, 1.807) is 0 Å². The fourth-order valence-corrected chi connectivity index (χ4v) is 2.81. The van der Waals surface area contributed by atoms with E-state index in [1.165, 1.54) is 6.33 Å². The minimum Gasteiger partial charge on any atom is -0.352 e. The molecule has 1 aliphatic rings. The molecule has 1 fully saturated rings. The Kier molecular flexibility index (Phi) is 3.72. The lowest BCUT2D eigenvalue weighted by molar-refractivity contribution is 0.169. The highest BCUT2D eigenvalue weighted by Crippen LogP contribution is 2.21. The van der Waals surface area contributed by atoms with Crippen LogP contribution < -0.4 is 10.5 Å². The summed E-state index contributed by atoms with van der Waals surface area (Å²) in [6, 6.07) is 0.936. The standard InChI is InChI=1S/C11H17IN4O/c1-7-4-16(5-8(2)15(7)3)10-9(12)11(17)14-6-13-10/h6-8H,4-5H2,1-3H3,(H,13,14,17). The van der Waals surface area contributed by atoms with Gasteiger partial charge >= 0.3 is 0 Å². The second-order valence-corrected chi connectivity index (χ2v) is 5.72. The van der Waals surface area contributed by atoms with Crippen molar-refractivity contribution in [1.82, 2.24) is 14.9 Å². The molecule has 2 unspecified atom stereocenters. The average molecular weight is 348 g/mol. The molecule has 0 amide bonds. The number of aromatic amines is 1. The highest BCUT2D eigenvalue weighted by molar-refractivity contribution is 14.1. The molecule has 0 saturated carbocycles. The van der Waals surface area contributed by atoms with E-state index >= 15 is 0 Å². The molecule has 1 saturated heterocycles. The summed E-state index contributed by atoms with van der Waals surface area (Å²) in [4.78, 5) is 23.0. The summed E-state index contributed by atoms with van der Waals surface area (Å²) < 4.78 is 0.675. The number of piperazine rings is 1. The molecular formula is C11H17IN4O. The predicted molar refractivity (Wildman–Crippen MR) is 76.5 cm³/mol. The summed E-state index contributed by atoms with van der Waals surface area (Å²) in [6.45, 7) is 6.21. The first-order chi connectivity index (χ1) is 8.00. The summed E-state index contributed by atoms with van der Waals surface area (Å²) >= 11 is 2.07. The summed E-state index contributed by atoms with van der Waals surface area (Å²) in [5, 5.41) is 0. The van der Waals surface area contributed by atoms with Crippen LogP contribution in [0.3, 0.4) is 0 Å². The summed E-state index contributed by atoms with van der Waals surface area (Å²) in [5.74, 6) is 0.807. The van der Waals surface area contributed by atoms with Crippen LogP contribution in [0.15, 0.2) is 11.1 Å². The van der Waals surface area contributed by atoms with Gasteiger partial charge in [-0.1, -0.05) is 0 Å². The number of aromatic nitrogens is 2. The number of halogens is 1. The van der Waals surface area contributed by atoms with Gasteiger partial charge in [-0.05, 0) is 43.5 Å². The van der Waals surface area contributed by atoms with Crippen molar-refractivity contribution in [3.8, 4) is 0 Å². The molecule has 0 radical (unpaired) electrons. The first-order valence-electron chi connectivity index (χ1n) is 5.70. The van der Waals surface area contributed by atoms with Crippen molar-refractivity contribution >= 4 is 28.4 Å². The lowest BCUT2D eigenvalue weighted by Gasteiger charge is -2.43. The van der Waals surface area contributed by atoms with Gasteiger partial charge in [0.25, 0.3) is 5.56 Å². The lowest BCUT2D eigenvalue weighted by atomic mass is 10.1. The zero-order valence-corrected chi connectivity index (χ0v) is 12.4. The van der Waals surface area contributed by atoms with Gasteiger partial charge in [0.05, 0.1) is 6.33 Å². The molecule has 0 bridgehead atoms. The van der Waals surface area contributed by atoms with E-state index in [4.69, 9.17) is 0 Å². The Hall–Kier alpha value is -0.630. The Morgan fingerprint density at radius 3 is 2.59 bits per heavy atom. The van der Waals surface area contributed by atoms with Gasteiger partial charge in [-0.3, -0.25) is 9.69 Å². The molecule has 0 aliphatic carbocycles. The van der Waals surface area contributed by atoms with Gasteiger partial charge in [-0.25, -0.2) is 4.98 Å². The van der Waals surface area contributed by atoms with E-state index in [1.807, 2.05) is 0 Å². The molecule has 5 nitrogen and oxygen atoms in total. The van der Waals surface area contributed by atoms with E-state index in [9.17, 15) is 4.79 Å². The van der Waals surface area contributed by atoms with Crippen molar-refractivity contribution in [3.05, 3.63) is 20.3 Å². The van der Waals surface area contributed by atoms with Gasteiger partial charge in [0, 0.05) is 25.2 Å². The molecule has 1 aromatic heterocycles. The first-order valence-corrected chi connectivity index (χ1v) is 6.78. The third-order valence-electron chi connectivity index (χ3n) is 3.44. The molecule has 1 aromatic rings. The van der Waals surface area contributed by atoms with Gasteiger partial charge in [0.15, 0.2) is 0 Å². The molecule has 2 heterocycles. The number of hydrogen-bond donors (Lipinski definition) is 1.